The smallest absolute Gasteiger partial charge is 0.741 e. The third-order valence-electron chi connectivity index (χ3n) is 0.283. The van der Waals surface area contributed by atoms with Gasteiger partial charge in [0, 0.05) is 5.97 Å². The molecule has 0 atom stereocenters. The van der Waals surface area contributed by atoms with Gasteiger partial charge in [-0.2, -0.15) is 13.2 Å². The Kier molecular flexibility index (Phi) is 9.36. The molecule has 0 bridgehead atoms. The van der Waals surface area contributed by atoms with Crippen molar-refractivity contribution in [3.8, 4) is 0 Å². The van der Waals surface area contributed by atoms with E-state index in [-0.39, 0.29) is 25.8 Å². The minimum Gasteiger partial charge on any atom is -0.741 e. The van der Waals surface area contributed by atoms with Crippen LogP contribution in [0.1, 0.15) is 6.92 Å². The summed E-state index contributed by atoms with van der Waals surface area (Å²) in [6.07, 6.45) is 0. The number of carbonyl (C=O) groups is 1. The molecule has 0 aromatic heterocycles. The zero-order chi connectivity index (χ0) is 10.6. The van der Waals surface area contributed by atoms with Gasteiger partial charge in [-0.3, -0.25) is 0 Å². The molecule has 0 aromatic carbocycles. The predicted molar refractivity (Wildman–Crippen MR) is 26.4 cm³/mol. The number of hydrogen-bond acceptors (Lipinski definition) is 5. The largest absolute Gasteiger partial charge is 2.00 e. The Hall–Kier alpha value is 0.0401. The van der Waals surface area contributed by atoms with Gasteiger partial charge in [0.1, 0.15) is 0 Å². The third-order valence-corrected chi connectivity index (χ3v) is 0.850. The summed E-state index contributed by atoms with van der Waals surface area (Å²) in [5.41, 5.74) is -5.65. The summed E-state index contributed by atoms with van der Waals surface area (Å²) in [5, 5.41) is 8.89. The first kappa shape index (κ1) is 18.8. The number of hydrogen-bond donors (Lipinski definition) is 0. The van der Waals surface area contributed by atoms with E-state index in [1.807, 2.05) is 0 Å². The van der Waals surface area contributed by atoms with E-state index in [9.17, 15) is 13.2 Å². The summed E-state index contributed by atoms with van der Waals surface area (Å²) in [4.78, 5) is 8.89. The van der Waals surface area contributed by atoms with Gasteiger partial charge < -0.3 is 14.5 Å². The fourth-order valence-electron chi connectivity index (χ4n) is 0. The number of carboxylic acid groups (broad SMARTS) is 1. The molecule has 0 unspecified atom stereocenters. The fraction of sp³-hybridized carbons (Fsp3) is 0.667. The van der Waals surface area contributed by atoms with Gasteiger partial charge in [-0.15, -0.1) is 0 Å². The first-order chi connectivity index (χ1) is 4.98. The van der Waals surface area contributed by atoms with E-state index in [1.165, 1.54) is 0 Å². The molecule has 0 heterocycles. The zero-order valence-electron chi connectivity index (χ0n) is 6.16. The van der Waals surface area contributed by atoms with Crippen molar-refractivity contribution in [2.45, 2.75) is 12.4 Å². The van der Waals surface area contributed by atoms with E-state index in [0.29, 0.717) is 0 Å². The molecule has 5 nitrogen and oxygen atoms in total. The summed E-state index contributed by atoms with van der Waals surface area (Å²) in [7, 11) is -6.09. The van der Waals surface area contributed by atoms with Crippen molar-refractivity contribution in [3.05, 3.63) is 0 Å². The summed E-state index contributed by atoms with van der Waals surface area (Å²) in [6.45, 7) is 0.972. The van der Waals surface area contributed by atoms with Crippen LogP contribution >= 0.6 is 0 Å². The van der Waals surface area contributed by atoms with Gasteiger partial charge in [0.25, 0.3) is 0 Å². The fourth-order valence-corrected chi connectivity index (χ4v) is 0. The standard InChI is InChI=1S/C2H4O2.CHF3O3S.Sc/c1-2(3)4;2-1(3,4)8(5,6)7;/h1H3,(H,3,4);(H,5,6,7);/q;;+2/p-2. The van der Waals surface area contributed by atoms with Crippen molar-refractivity contribution in [1.82, 2.24) is 0 Å². The van der Waals surface area contributed by atoms with Crippen LogP contribution in [0.4, 0.5) is 13.2 Å². The Bertz CT molecular complexity index is 240. The number of halogens is 3. The Morgan fingerprint density at radius 1 is 1.31 bits per heavy atom. The number of alkyl halides is 3. The molecule has 0 aliphatic rings. The van der Waals surface area contributed by atoms with Crippen molar-refractivity contribution >= 4 is 16.1 Å². The quantitative estimate of drug-likeness (QED) is 0.399. The van der Waals surface area contributed by atoms with E-state index >= 15 is 0 Å². The molecular formula is C3H3F3O5SSc. The van der Waals surface area contributed by atoms with E-state index in [0.717, 1.165) is 6.92 Å². The summed E-state index contributed by atoms with van der Waals surface area (Å²) < 4.78 is 58.9. The summed E-state index contributed by atoms with van der Waals surface area (Å²) in [5.74, 6) is -1.08. The van der Waals surface area contributed by atoms with E-state index in [1.54, 1.807) is 0 Å². The number of aliphatic carboxylic acids is 1. The van der Waals surface area contributed by atoms with Crippen molar-refractivity contribution < 1.29 is 61.9 Å². The number of carbonyl (C=O) groups excluding carboxylic acids is 1. The van der Waals surface area contributed by atoms with Crippen LogP contribution in [-0.2, 0) is 40.8 Å². The molecule has 0 fully saturated rings. The van der Waals surface area contributed by atoms with Gasteiger partial charge in [-0.05, 0) is 6.92 Å². The van der Waals surface area contributed by atoms with Crippen LogP contribution in [0.5, 0.6) is 0 Å². The van der Waals surface area contributed by atoms with Crippen molar-refractivity contribution in [3.63, 3.8) is 0 Å². The molecule has 75 valence electrons. The Labute approximate surface area is 90.5 Å². The van der Waals surface area contributed by atoms with Crippen molar-refractivity contribution in [2.24, 2.45) is 0 Å². The van der Waals surface area contributed by atoms with Gasteiger partial charge in [0.2, 0.25) is 0 Å². The average Bonchev–Trinajstić information content (AvgIpc) is 1.55. The molecular weight excluding hydrogens is 250 g/mol. The second-order valence-electron chi connectivity index (χ2n) is 1.39. The Morgan fingerprint density at radius 2 is 1.38 bits per heavy atom. The van der Waals surface area contributed by atoms with Crippen LogP contribution in [-0.4, -0.2) is 24.4 Å². The van der Waals surface area contributed by atoms with Crippen LogP contribution < -0.4 is 5.11 Å². The first-order valence-electron chi connectivity index (χ1n) is 2.18. The molecule has 0 saturated heterocycles. The Balaban J connectivity index is -0.000000173. The van der Waals surface area contributed by atoms with Gasteiger partial charge in [-0.1, -0.05) is 0 Å². The molecule has 0 aliphatic heterocycles. The molecule has 0 saturated carbocycles. The van der Waals surface area contributed by atoms with Gasteiger partial charge in [0.05, 0.1) is 0 Å². The normalized spacial score (nSPS) is 10.5. The van der Waals surface area contributed by atoms with Crippen molar-refractivity contribution in [2.75, 3.05) is 0 Å². The molecule has 0 spiro atoms. The molecule has 0 aliphatic carbocycles. The van der Waals surface area contributed by atoms with Crippen LogP contribution in [0.2, 0.25) is 0 Å². The van der Waals surface area contributed by atoms with E-state index < -0.39 is 21.6 Å². The summed E-state index contributed by atoms with van der Waals surface area (Å²) >= 11 is 0. The average molecular weight is 253 g/mol. The second kappa shape index (κ2) is 6.49. The van der Waals surface area contributed by atoms with Gasteiger partial charge in [0.15, 0.2) is 10.1 Å². The molecule has 0 amide bonds. The van der Waals surface area contributed by atoms with Crippen LogP contribution in [0.15, 0.2) is 0 Å². The molecule has 1 radical (unpaired) electrons. The molecule has 0 aromatic rings. The van der Waals surface area contributed by atoms with Gasteiger partial charge in [-0.25, -0.2) is 8.42 Å². The van der Waals surface area contributed by atoms with Crippen LogP contribution in [0.25, 0.3) is 0 Å². The maximum atomic E-state index is 10.7. The molecule has 10 heteroatoms. The Morgan fingerprint density at radius 3 is 1.38 bits per heavy atom. The molecule has 13 heavy (non-hydrogen) atoms. The second-order valence-corrected chi connectivity index (χ2v) is 2.76. The maximum absolute atomic E-state index is 10.7. The zero-order valence-corrected chi connectivity index (χ0v) is 8.78. The van der Waals surface area contributed by atoms with E-state index in [4.69, 9.17) is 22.9 Å². The monoisotopic (exact) mass is 253 g/mol. The number of rotatable bonds is 0. The minimum absolute atomic E-state index is 0. The molecule has 0 N–H and O–H groups in total. The van der Waals surface area contributed by atoms with Crippen LogP contribution in [0.3, 0.4) is 0 Å². The molecule has 0 rings (SSSR count). The maximum Gasteiger partial charge on any atom is 2.00 e. The third kappa shape index (κ3) is 14.9. The summed E-state index contributed by atoms with van der Waals surface area (Å²) in [6, 6.07) is 0. The SMILES string of the molecule is CC(=O)[O-].O=S(=O)([O-])C(F)(F)F.[Sc+2]. The van der Waals surface area contributed by atoms with Gasteiger partial charge >= 0.3 is 31.4 Å². The topological polar surface area (TPSA) is 97.3 Å². The van der Waals surface area contributed by atoms with Crippen LogP contribution in [0, 0.1) is 0 Å². The number of carboxylic acids is 1. The first-order valence-corrected chi connectivity index (χ1v) is 3.59. The predicted octanol–water partition coefficient (Wildman–Crippen LogP) is -1.19. The van der Waals surface area contributed by atoms with Crippen molar-refractivity contribution in [1.29, 1.82) is 0 Å². The minimum atomic E-state index is -6.09. The van der Waals surface area contributed by atoms with E-state index in [2.05, 4.69) is 0 Å².